The van der Waals surface area contributed by atoms with Gasteiger partial charge in [0.1, 0.15) is 0 Å². The minimum atomic E-state index is -0.187. The molecule has 102 valence electrons. The van der Waals surface area contributed by atoms with Crippen molar-refractivity contribution < 1.29 is 5.11 Å². The first kappa shape index (κ1) is 15.5. The molecule has 1 aromatic rings. The highest BCUT2D eigenvalue weighted by Crippen LogP contribution is 2.22. The molecule has 0 aliphatic carbocycles. The Morgan fingerprint density at radius 3 is 2.33 bits per heavy atom. The molecule has 2 nitrogen and oxygen atoms in total. The van der Waals surface area contributed by atoms with Crippen LogP contribution < -0.4 is 5.32 Å². The van der Waals surface area contributed by atoms with Crippen molar-refractivity contribution in [1.29, 1.82) is 0 Å². The summed E-state index contributed by atoms with van der Waals surface area (Å²) < 4.78 is 0. The molecule has 2 N–H and O–H groups in total. The van der Waals surface area contributed by atoms with Crippen LogP contribution in [0, 0.1) is 0 Å². The van der Waals surface area contributed by atoms with Gasteiger partial charge in [0, 0.05) is 15.7 Å². The lowest BCUT2D eigenvalue weighted by Crippen LogP contribution is -2.43. The highest BCUT2D eigenvalue weighted by Gasteiger charge is 2.14. The van der Waals surface area contributed by atoms with Gasteiger partial charge in [0.25, 0.3) is 0 Å². The lowest BCUT2D eigenvalue weighted by molar-refractivity contribution is 0.189. The van der Waals surface area contributed by atoms with Crippen molar-refractivity contribution in [2.45, 2.75) is 49.8 Å². The van der Waals surface area contributed by atoms with Crippen molar-refractivity contribution in [1.82, 2.24) is 5.32 Å². The van der Waals surface area contributed by atoms with Crippen LogP contribution in [0.2, 0.25) is 0 Å². The summed E-state index contributed by atoms with van der Waals surface area (Å²) in [4.78, 5) is 1.33. The number of thioether (sulfide) groups is 1. The topological polar surface area (TPSA) is 32.3 Å². The van der Waals surface area contributed by atoms with E-state index < -0.39 is 0 Å². The van der Waals surface area contributed by atoms with Crippen LogP contribution in [0.15, 0.2) is 29.2 Å². The van der Waals surface area contributed by atoms with Crippen LogP contribution in [0.1, 0.15) is 33.3 Å². The number of nitrogens with one attached hydrogen (secondary N) is 1. The number of rotatable bonds is 7. The van der Waals surface area contributed by atoms with Gasteiger partial charge in [0.2, 0.25) is 0 Å². The predicted octanol–water partition coefficient (Wildman–Crippen LogP) is 3.09. The summed E-state index contributed by atoms with van der Waals surface area (Å²) in [6.45, 7) is 9.49. The molecule has 0 aliphatic heterocycles. The first-order valence-corrected chi connectivity index (χ1v) is 7.42. The number of benzene rings is 1. The molecule has 0 fully saturated rings. The molecule has 18 heavy (non-hydrogen) atoms. The van der Waals surface area contributed by atoms with Crippen LogP contribution in [0.4, 0.5) is 0 Å². The fourth-order valence-corrected chi connectivity index (χ4v) is 2.45. The summed E-state index contributed by atoms with van der Waals surface area (Å²) in [5.74, 6) is 0. The molecule has 0 amide bonds. The molecule has 0 radical (unpaired) electrons. The maximum Gasteiger partial charge on any atom is 0.0607 e. The van der Waals surface area contributed by atoms with Gasteiger partial charge < -0.3 is 10.4 Å². The van der Waals surface area contributed by atoms with E-state index in [0.29, 0.717) is 5.25 Å². The summed E-state index contributed by atoms with van der Waals surface area (Å²) >= 11 is 1.89. The average Bonchev–Trinajstić information content (AvgIpc) is 2.30. The first-order valence-electron chi connectivity index (χ1n) is 6.54. The second kappa shape index (κ2) is 7.17. The van der Waals surface area contributed by atoms with Crippen LogP contribution in [0.5, 0.6) is 0 Å². The lowest BCUT2D eigenvalue weighted by Gasteiger charge is -2.23. The van der Waals surface area contributed by atoms with E-state index in [1.807, 2.05) is 25.6 Å². The minimum absolute atomic E-state index is 0.164. The summed E-state index contributed by atoms with van der Waals surface area (Å²) in [7, 11) is 0. The summed E-state index contributed by atoms with van der Waals surface area (Å²) in [5, 5.41) is 13.1. The quantitative estimate of drug-likeness (QED) is 0.745. The molecule has 3 heteroatoms. The zero-order valence-corrected chi connectivity index (χ0v) is 12.7. The molecule has 0 bridgehead atoms. The summed E-state index contributed by atoms with van der Waals surface area (Å²) in [6, 6.07) is 8.77. The molecule has 0 saturated carbocycles. The third kappa shape index (κ3) is 5.89. The maximum absolute atomic E-state index is 9.15. The second-order valence-corrected chi connectivity index (χ2v) is 7.18. The van der Waals surface area contributed by atoms with Crippen LogP contribution in [-0.2, 0) is 6.42 Å². The molecular weight excluding hydrogens is 242 g/mol. The Morgan fingerprint density at radius 2 is 1.83 bits per heavy atom. The fraction of sp³-hybridized carbons (Fsp3) is 0.600. The zero-order valence-electron chi connectivity index (χ0n) is 11.9. The van der Waals surface area contributed by atoms with Gasteiger partial charge in [0.15, 0.2) is 0 Å². The molecule has 1 rings (SSSR count). The van der Waals surface area contributed by atoms with Crippen LogP contribution in [-0.4, -0.2) is 29.0 Å². The van der Waals surface area contributed by atoms with Crippen molar-refractivity contribution in [2.75, 3.05) is 13.2 Å². The van der Waals surface area contributed by atoms with E-state index in [2.05, 4.69) is 43.4 Å². The van der Waals surface area contributed by atoms with Crippen molar-refractivity contribution >= 4 is 11.8 Å². The van der Waals surface area contributed by atoms with E-state index in [-0.39, 0.29) is 12.1 Å². The smallest absolute Gasteiger partial charge is 0.0607 e. The van der Waals surface area contributed by atoms with Crippen molar-refractivity contribution in [3.63, 3.8) is 0 Å². The normalized spacial score (nSPS) is 12.1. The van der Waals surface area contributed by atoms with Gasteiger partial charge in [-0.2, -0.15) is 0 Å². The van der Waals surface area contributed by atoms with E-state index in [1.54, 1.807) is 0 Å². The SMILES string of the molecule is CC(C)Sc1ccc(CCNC(C)(C)CO)cc1. The summed E-state index contributed by atoms with van der Waals surface area (Å²) in [6.07, 6.45) is 0.996. The number of hydrogen-bond donors (Lipinski definition) is 2. The van der Waals surface area contributed by atoms with Gasteiger partial charge in [-0.1, -0.05) is 26.0 Å². The summed E-state index contributed by atoms with van der Waals surface area (Å²) in [5.41, 5.74) is 1.15. The number of hydrogen-bond acceptors (Lipinski definition) is 3. The molecule has 0 aromatic heterocycles. The fourth-order valence-electron chi connectivity index (χ4n) is 1.61. The molecule has 0 saturated heterocycles. The Balaban J connectivity index is 2.40. The molecule has 0 atom stereocenters. The Kier molecular flexibility index (Phi) is 6.19. The lowest BCUT2D eigenvalue weighted by atomic mass is 10.1. The van der Waals surface area contributed by atoms with Gasteiger partial charge in [-0.25, -0.2) is 0 Å². The molecular formula is C15H25NOS. The molecule has 0 heterocycles. The second-order valence-electron chi connectivity index (χ2n) is 5.53. The van der Waals surface area contributed by atoms with Gasteiger partial charge in [-0.05, 0) is 44.5 Å². The van der Waals surface area contributed by atoms with Crippen molar-refractivity contribution in [3.8, 4) is 0 Å². The van der Waals surface area contributed by atoms with Crippen LogP contribution in [0.25, 0.3) is 0 Å². The van der Waals surface area contributed by atoms with Gasteiger partial charge in [-0.15, -0.1) is 11.8 Å². The third-order valence-corrected chi connectivity index (χ3v) is 3.72. The zero-order chi connectivity index (χ0) is 13.6. The highest BCUT2D eigenvalue weighted by molar-refractivity contribution is 7.99. The van der Waals surface area contributed by atoms with Crippen LogP contribution in [0.3, 0.4) is 0 Å². The Labute approximate surface area is 115 Å². The standard InChI is InChI=1S/C15H25NOS/c1-12(2)18-14-7-5-13(6-8-14)9-10-16-15(3,4)11-17/h5-8,12,16-17H,9-11H2,1-4H3. The van der Waals surface area contributed by atoms with Crippen molar-refractivity contribution in [3.05, 3.63) is 29.8 Å². The Bertz CT molecular complexity index is 346. The molecule has 0 spiro atoms. The van der Waals surface area contributed by atoms with E-state index in [9.17, 15) is 0 Å². The largest absolute Gasteiger partial charge is 0.394 e. The van der Waals surface area contributed by atoms with E-state index in [0.717, 1.165) is 13.0 Å². The third-order valence-electron chi connectivity index (χ3n) is 2.71. The van der Waals surface area contributed by atoms with Crippen LogP contribution >= 0.6 is 11.8 Å². The van der Waals surface area contributed by atoms with E-state index in [4.69, 9.17) is 5.11 Å². The minimum Gasteiger partial charge on any atom is -0.394 e. The van der Waals surface area contributed by atoms with E-state index >= 15 is 0 Å². The predicted molar refractivity (Wildman–Crippen MR) is 80.3 cm³/mol. The van der Waals surface area contributed by atoms with Gasteiger partial charge in [-0.3, -0.25) is 0 Å². The molecule has 0 aliphatic rings. The maximum atomic E-state index is 9.15. The molecule has 1 aromatic carbocycles. The first-order chi connectivity index (χ1) is 8.43. The molecule has 0 unspecified atom stereocenters. The Morgan fingerprint density at radius 1 is 1.22 bits per heavy atom. The van der Waals surface area contributed by atoms with E-state index in [1.165, 1.54) is 10.5 Å². The van der Waals surface area contributed by atoms with Crippen molar-refractivity contribution in [2.24, 2.45) is 0 Å². The van der Waals surface area contributed by atoms with Gasteiger partial charge in [0.05, 0.1) is 6.61 Å². The monoisotopic (exact) mass is 267 g/mol. The van der Waals surface area contributed by atoms with Gasteiger partial charge >= 0.3 is 0 Å². The highest BCUT2D eigenvalue weighted by atomic mass is 32.2. The average molecular weight is 267 g/mol. The number of aliphatic hydroxyl groups is 1. The number of aliphatic hydroxyl groups excluding tert-OH is 1. The Hall–Kier alpha value is -0.510.